The fraction of sp³-hybridized carbons (Fsp3) is 0.667. The summed E-state index contributed by atoms with van der Waals surface area (Å²) in [5.41, 5.74) is 10.1. The Kier molecular flexibility index (Phi) is 4.78. The summed E-state index contributed by atoms with van der Waals surface area (Å²) in [4.78, 5) is 13.7. The number of guanidine groups is 1. The molecule has 0 aromatic rings. The molecule has 0 aliphatic rings. The molecular weight excluding hydrogens is 162 g/mol. The Bertz CT molecular complexity index is 177. The average molecular weight is 175 g/mol. The minimum absolute atomic E-state index is 0.0513. The lowest BCUT2D eigenvalue weighted by molar-refractivity contribution is -0.138. The zero-order valence-electron chi connectivity index (χ0n) is 6.86. The Labute approximate surface area is 70.2 Å². The van der Waals surface area contributed by atoms with E-state index in [2.05, 4.69) is 4.99 Å². The van der Waals surface area contributed by atoms with E-state index >= 15 is 0 Å². The summed E-state index contributed by atoms with van der Waals surface area (Å²) in [6, 6.07) is 0. The molecule has 1 unspecified atom stereocenters. The van der Waals surface area contributed by atoms with Gasteiger partial charge in [0.1, 0.15) is 6.23 Å². The fourth-order valence-electron chi connectivity index (χ4n) is 0.564. The van der Waals surface area contributed by atoms with Crippen LogP contribution in [0.4, 0.5) is 0 Å². The van der Waals surface area contributed by atoms with Crippen LogP contribution in [-0.2, 0) is 9.53 Å². The van der Waals surface area contributed by atoms with Crippen molar-refractivity contribution >= 4 is 11.9 Å². The van der Waals surface area contributed by atoms with E-state index in [1.54, 1.807) is 6.92 Å². The number of carboxylic acids is 1. The topological polar surface area (TPSA) is 111 Å². The van der Waals surface area contributed by atoms with Crippen LogP contribution in [0.3, 0.4) is 0 Å². The van der Waals surface area contributed by atoms with Gasteiger partial charge >= 0.3 is 5.97 Å². The van der Waals surface area contributed by atoms with Gasteiger partial charge in [-0.15, -0.1) is 0 Å². The van der Waals surface area contributed by atoms with Gasteiger partial charge in [-0.25, -0.2) is 4.99 Å². The van der Waals surface area contributed by atoms with Crippen LogP contribution in [0.1, 0.15) is 13.3 Å². The van der Waals surface area contributed by atoms with Gasteiger partial charge in [-0.3, -0.25) is 4.79 Å². The molecule has 0 bridgehead atoms. The van der Waals surface area contributed by atoms with E-state index in [0.717, 1.165) is 0 Å². The normalized spacial score (nSPS) is 12.1. The lowest BCUT2D eigenvalue weighted by atomic mass is 10.5. The molecule has 0 saturated carbocycles. The molecule has 5 N–H and O–H groups in total. The number of aliphatic imine (C=N–C) groups is 1. The van der Waals surface area contributed by atoms with Crippen LogP contribution in [0.5, 0.6) is 0 Å². The number of nitrogens with zero attached hydrogens (tertiary/aromatic N) is 1. The number of aliphatic carboxylic acids is 1. The summed E-state index contributed by atoms with van der Waals surface area (Å²) in [5.74, 6) is -0.982. The van der Waals surface area contributed by atoms with Crippen molar-refractivity contribution in [1.82, 2.24) is 0 Å². The predicted molar refractivity (Wildman–Crippen MR) is 43.5 cm³/mol. The zero-order valence-corrected chi connectivity index (χ0v) is 6.86. The Morgan fingerprint density at radius 1 is 1.67 bits per heavy atom. The lowest BCUT2D eigenvalue weighted by Gasteiger charge is -2.06. The molecule has 0 saturated heterocycles. The first-order valence-electron chi connectivity index (χ1n) is 3.44. The highest BCUT2D eigenvalue weighted by atomic mass is 16.5. The second-order valence-electron chi connectivity index (χ2n) is 2.17. The molecule has 0 rings (SSSR count). The molecule has 0 heterocycles. The third kappa shape index (κ3) is 6.81. The van der Waals surface area contributed by atoms with E-state index in [1.165, 1.54) is 0 Å². The number of carboxylic acid groups (broad SMARTS) is 1. The molecule has 0 aliphatic heterocycles. The number of hydrogen-bond acceptors (Lipinski definition) is 3. The highest BCUT2D eigenvalue weighted by molar-refractivity contribution is 5.75. The maximum atomic E-state index is 10.0. The number of hydrogen-bond donors (Lipinski definition) is 3. The van der Waals surface area contributed by atoms with Gasteiger partial charge in [-0.05, 0) is 6.92 Å². The molecule has 70 valence electrons. The minimum atomic E-state index is -0.910. The van der Waals surface area contributed by atoms with Crippen LogP contribution in [0, 0.1) is 0 Å². The largest absolute Gasteiger partial charge is 0.481 e. The summed E-state index contributed by atoms with van der Waals surface area (Å²) in [6.07, 6.45) is -0.543. The second-order valence-corrected chi connectivity index (χ2v) is 2.17. The van der Waals surface area contributed by atoms with Crippen molar-refractivity contribution in [1.29, 1.82) is 0 Å². The predicted octanol–water partition coefficient (Wildman–Crippen LogP) is -0.903. The van der Waals surface area contributed by atoms with Gasteiger partial charge in [-0.2, -0.15) is 0 Å². The molecule has 0 amide bonds. The molecule has 0 spiro atoms. The van der Waals surface area contributed by atoms with Gasteiger partial charge in [0.05, 0.1) is 13.0 Å². The number of carbonyl (C=O) groups is 1. The van der Waals surface area contributed by atoms with Crippen molar-refractivity contribution in [2.45, 2.75) is 19.6 Å². The van der Waals surface area contributed by atoms with E-state index in [1.807, 2.05) is 0 Å². The maximum absolute atomic E-state index is 10.0. The van der Waals surface area contributed by atoms with Gasteiger partial charge in [0.25, 0.3) is 0 Å². The summed E-state index contributed by atoms with van der Waals surface area (Å²) in [6.45, 7) is 1.73. The monoisotopic (exact) mass is 175 g/mol. The molecule has 0 aromatic heterocycles. The third-order valence-electron chi connectivity index (χ3n) is 1.01. The molecule has 0 aliphatic carbocycles. The number of ether oxygens (including phenoxy) is 1. The molecule has 0 fully saturated rings. The summed E-state index contributed by atoms with van der Waals surface area (Å²) in [5, 5.41) is 8.24. The van der Waals surface area contributed by atoms with Crippen LogP contribution in [0.15, 0.2) is 4.99 Å². The molecule has 6 nitrogen and oxygen atoms in total. The molecule has 0 aromatic carbocycles. The highest BCUT2D eigenvalue weighted by Gasteiger charge is 2.01. The average Bonchev–Trinajstić information content (AvgIpc) is 1.84. The van der Waals surface area contributed by atoms with E-state index in [0.29, 0.717) is 0 Å². The quantitative estimate of drug-likeness (QED) is 0.370. The van der Waals surface area contributed by atoms with Crippen molar-refractivity contribution in [3.8, 4) is 0 Å². The lowest BCUT2D eigenvalue weighted by Crippen LogP contribution is -2.25. The van der Waals surface area contributed by atoms with E-state index in [4.69, 9.17) is 21.3 Å². The Morgan fingerprint density at radius 2 is 2.25 bits per heavy atom. The molecule has 1 atom stereocenters. The molecule has 12 heavy (non-hydrogen) atoms. The molecule has 0 radical (unpaired) electrons. The Balaban J connectivity index is 3.51. The van der Waals surface area contributed by atoms with Gasteiger partial charge in [0, 0.05) is 0 Å². The van der Waals surface area contributed by atoms with Crippen molar-refractivity contribution < 1.29 is 14.6 Å². The minimum Gasteiger partial charge on any atom is -0.481 e. The smallest absolute Gasteiger partial charge is 0.305 e. The summed E-state index contributed by atoms with van der Waals surface area (Å²) >= 11 is 0. The third-order valence-corrected chi connectivity index (χ3v) is 1.01. The van der Waals surface area contributed by atoms with Gasteiger partial charge in [-0.1, -0.05) is 0 Å². The molecular formula is C6H13N3O3. The maximum Gasteiger partial charge on any atom is 0.305 e. The first-order chi connectivity index (χ1) is 5.52. The number of rotatable bonds is 5. The van der Waals surface area contributed by atoms with Crippen LogP contribution >= 0.6 is 0 Å². The van der Waals surface area contributed by atoms with Crippen molar-refractivity contribution in [3.05, 3.63) is 0 Å². The number of nitrogens with two attached hydrogens (primary N) is 2. The Morgan fingerprint density at radius 3 is 2.67 bits per heavy atom. The van der Waals surface area contributed by atoms with Crippen molar-refractivity contribution in [2.75, 3.05) is 6.61 Å². The van der Waals surface area contributed by atoms with Gasteiger partial charge in [0.15, 0.2) is 5.96 Å². The molecule has 6 heteroatoms. The first-order valence-corrected chi connectivity index (χ1v) is 3.44. The van der Waals surface area contributed by atoms with E-state index < -0.39 is 12.2 Å². The highest BCUT2D eigenvalue weighted by Crippen LogP contribution is 1.93. The van der Waals surface area contributed by atoms with E-state index in [-0.39, 0.29) is 19.0 Å². The standard InChI is InChI=1S/C6H13N3O3/c1-4(9-6(7)8)12-3-2-5(10)11/h4H,2-3H2,1H3,(H,10,11)(H4,7,8,9). The fourth-order valence-corrected chi connectivity index (χ4v) is 0.564. The Hall–Kier alpha value is -1.30. The van der Waals surface area contributed by atoms with Crippen LogP contribution in [0.2, 0.25) is 0 Å². The van der Waals surface area contributed by atoms with Crippen LogP contribution in [0.25, 0.3) is 0 Å². The SMILES string of the molecule is CC(N=C(N)N)OCCC(=O)O. The van der Waals surface area contributed by atoms with E-state index in [9.17, 15) is 4.79 Å². The summed E-state index contributed by atoms with van der Waals surface area (Å²) < 4.78 is 4.94. The van der Waals surface area contributed by atoms with Crippen molar-refractivity contribution in [3.63, 3.8) is 0 Å². The zero-order chi connectivity index (χ0) is 9.56. The summed E-state index contributed by atoms with van der Waals surface area (Å²) in [7, 11) is 0. The second kappa shape index (κ2) is 5.36. The first kappa shape index (κ1) is 10.7. The van der Waals surface area contributed by atoms with Crippen LogP contribution < -0.4 is 11.5 Å². The van der Waals surface area contributed by atoms with Gasteiger partial charge in [0.2, 0.25) is 0 Å². The van der Waals surface area contributed by atoms with Crippen molar-refractivity contribution in [2.24, 2.45) is 16.5 Å². The van der Waals surface area contributed by atoms with Gasteiger partial charge < -0.3 is 21.3 Å². The van der Waals surface area contributed by atoms with Crippen LogP contribution in [-0.4, -0.2) is 29.9 Å².